The summed E-state index contributed by atoms with van der Waals surface area (Å²) < 4.78 is 0. The number of ketones is 1. The van der Waals surface area contributed by atoms with E-state index in [2.05, 4.69) is 10.3 Å². The monoisotopic (exact) mass is 308 g/mol. The Balaban J connectivity index is 2.08. The fourth-order valence-electron chi connectivity index (χ4n) is 2.21. The highest BCUT2D eigenvalue weighted by Gasteiger charge is 2.20. The first-order valence-corrected chi connectivity index (χ1v) is 8.01. The van der Waals surface area contributed by atoms with Gasteiger partial charge in [0, 0.05) is 17.7 Å². The molecule has 1 heterocycles. The molecular formula is C18H16N2OS. The average Bonchev–Trinajstić information content (AvgIpc) is 3.00. The molecule has 0 saturated carbocycles. The number of hydrogen-bond acceptors (Lipinski definition) is 4. The summed E-state index contributed by atoms with van der Waals surface area (Å²) in [6, 6.07) is 19.2. The van der Waals surface area contributed by atoms with Crippen LogP contribution in [0.5, 0.6) is 0 Å². The number of anilines is 1. The minimum absolute atomic E-state index is 0.0149. The molecule has 4 heteroatoms. The summed E-state index contributed by atoms with van der Waals surface area (Å²) in [6.07, 6.45) is 0. The van der Waals surface area contributed by atoms with Crippen LogP contribution in [0, 0.1) is 0 Å². The maximum Gasteiger partial charge on any atom is 0.205 e. The lowest BCUT2D eigenvalue weighted by Crippen LogP contribution is -2.00. The van der Waals surface area contributed by atoms with E-state index in [9.17, 15) is 4.79 Å². The minimum atomic E-state index is 0.0149. The predicted molar refractivity (Wildman–Crippen MR) is 91.6 cm³/mol. The van der Waals surface area contributed by atoms with Gasteiger partial charge in [0.05, 0.1) is 5.69 Å². The maximum atomic E-state index is 12.8. The summed E-state index contributed by atoms with van der Waals surface area (Å²) in [6.45, 7) is 2.79. The SMILES string of the molecule is CCNc1nc(-c2ccccc2)c(C(=O)c2ccccc2)s1. The first-order valence-electron chi connectivity index (χ1n) is 7.19. The number of rotatable bonds is 5. The van der Waals surface area contributed by atoms with Crippen molar-refractivity contribution >= 4 is 22.3 Å². The molecule has 1 aromatic heterocycles. The molecule has 0 radical (unpaired) electrons. The molecule has 0 aliphatic rings. The van der Waals surface area contributed by atoms with Gasteiger partial charge in [0.15, 0.2) is 5.13 Å². The zero-order valence-electron chi connectivity index (χ0n) is 12.2. The molecule has 0 atom stereocenters. The van der Waals surface area contributed by atoms with Gasteiger partial charge in [-0.05, 0) is 6.92 Å². The van der Waals surface area contributed by atoms with Gasteiger partial charge < -0.3 is 5.32 Å². The van der Waals surface area contributed by atoms with Crippen molar-refractivity contribution in [3.05, 3.63) is 71.1 Å². The normalized spacial score (nSPS) is 10.4. The second-order valence-corrected chi connectivity index (χ2v) is 5.79. The van der Waals surface area contributed by atoms with Crippen LogP contribution in [0.1, 0.15) is 22.2 Å². The van der Waals surface area contributed by atoms with E-state index in [0.29, 0.717) is 10.4 Å². The van der Waals surface area contributed by atoms with E-state index >= 15 is 0 Å². The van der Waals surface area contributed by atoms with E-state index < -0.39 is 0 Å². The number of nitrogens with zero attached hydrogens (tertiary/aromatic N) is 1. The van der Waals surface area contributed by atoms with E-state index in [4.69, 9.17) is 0 Å². The topological polar surface area (TPSA) is 42.0 Å². The zero-order valence-corrected chi connectivity index (χ0v) is 13.1. The highest BCUT2D eigenvalue weighted by Crippen LogP contribution is 2.32. The number of carbonyl (C=O) groups is 1. The molecule has 0 unspecified atom stereocenters. The molecule has 0 amide bonds. The van der Waals surface area contributed by atoms with Gasteiger partial charge in [0.1, 0.15) is 4.88 Å². The molecule has 2 aromatic carbocycles. The Morgan fingerprint density at radius 1 is 1.05 bits per heavy atom. The lowest BCUT2D eigenvalue weighted by molar-refractivity contribution is 0.104. The summed E-state index contributed by atoms with van der Waals surface area (Å²) in [5.41, 5.74) is 2.39. The number of carbonyl (C=O) groups excluding carboxylic acids is 1. The van der Waals surface area contributed by atoms with Crippen LogP contribution in [0.15, 0.2) is 60.7 Å². The lowest BCUT2D eigenvalue weighted by Gasteiger charge is -2.02. The largest absolute Gasteiger partial charge is 0.362 e. The maximum absolute atomic E-state index is 12.8. The molecule has 3 aromatic rings. The van der Waals surface area contributed by atoms with E-state index in [1.807, 2.05) is 67.6 Å². The van der Waals surface area contributed by atoms with Crippen LogP contribution in [0.2, 0.25) is 0 Å². The highest BCUT2D eigenvalue weighted by molar-refractivity contribution is 7.18. The highest BCUT2D eigenvalue weighted by atomic mass is 32.1. The van der Waals surface area contributed by atoms with Gasteiger partial charge in [-0.25, -0.2) is 4.98 Å². The van der Waals surface area contributed by atoms with Gasteiger partial charge in [0.25, 0.3) is 0 Å². The molecule has 0 spiro atoms. The second kappa shape index (κ2) is 6.54. The number of hydrogen-bond donors (Lipinski definition) is 1. The third-order valence-corrected chi connectivity index (χ3v) is 4.26. The van der Waals surface area contributed by atoms with E-state index in [-0.39, 0.29) is 5.78 Å². The molecule has 1 N–H and O–H groups in total. The Kier molecular flexibility index (Phi) is 4.30. The first-order chi connectivity index (χ1) is 10.8. The van der Waals surface area contributed by atoms with Crippen LogP contribution >= 0.6 is 11.3 Å². The average molecular weight is 308 g/mol. The number of thiazole rings is 1. The Bertz CT molecular complexity index is 766. The molecule has 0 fully saturated rings. The summed E-state index contributed by atoms with van der Waals surface area (Å²) >= 11 is 1.41. The van der Waals surface area contributed by atoms with Gasteiger partial charge in [0.2, 0.25) is 5.78 Å². The third-order valence-electron chi connectivity index (χ3n) is 3.24. The molecule has 0 saturated heterocycles. The van der Waals surface area contributed by atoms with Crippen LogP contribution in [0.25, 0.3) is 11.3 Å². The van der Waals surface area contributed by atoms with Gasteiger partial charge >= 0.3 is 0 Å². The smallest absolute Gasteiger partial charge is 0.205 e. The molecular weight excluding hydrogens is 292 g/mol. The van der Waals surface area contributed by atoms with Crippen molar-refractivity contribution in [2.75, 3.05) is 11.9 Å². The van der Waals surface area contributed by atoms with Crippen LogP contribution in [-0.4, -0.2) is 17.3 Å². The summed E-state index contributed by atoms with van der Waals surface area (Å²) in [5.74, 6) is 0.0149. The van der Waals surface area contributed by atoms with E-state index in [0.717, 1.165) is 22.9 Å². The molecule has 0 aliphatic carbocycles. The Labute approximate surface area is 133 Å². The Morgan fingerprint density at radius 2 is 1.68 bits per heavy atom. The fourth-order valence-corrected chi connectivity index (χ4v) is 3.23. The van der Waals surface area contributed by atoms with Crippen molar-refractivity contribution in [1.29, 1.82) is 0 Å². The quantitative estimate of drug-likeness (QED) is 0.707. The summed E-state index contributed by atoms with van der Waals surface area (Å²) in [7, 11) is 0. The van der Waals surface area contributed by atoms with Crippen LogP contribution < -0.4 is 5.32 Å². The zero-order chi connectivity index (χ0) is 15.4. The molecule has 0 aliphatic heterocycles. The predicted octanol–water partition coefficient (Wildman–Crippen LogP) is 4.47. The van der Waals surface area contributed by atoms with E-state index in [1.54, 1.807) is 0 Å². The number of benzene rings is 2. The van der Waals surface area contributed by atoms with Crippen molar-refractivity contribution in [2.24, 2.45) is 0 Å². The standard InChI is InChI=1S/C18H16N2OS/c1-2-19-18-20-15(13-9-5-3-6-10-13)17(22-18)16(21)14-11-7-4-8-12-14/h3-12H,2H2,1H3,(H,19,20). The van der Waals surface area contributed by atoms with Crippen molar-refractivity contribution < 1.29 is 4.79 Å². The number of nitrogens with one attached hydrogen (secondary N) is 1. The van der Waals surface area contributed by atoms with E-state index in [1.165, 1.54) is 11.3 Å². The lowest BCUT2D eigenvalue weighted by atomic mass is 10.1. The van der Waals surface area contributed by atoms with Gasteiger partial charge in [-0.1, -0.05) is 72.0 Å². The molecule has 3 rings (SSSR count). The fraction of sp³-hybridized carbons (Fsp3) is 0.111. The molecule has 22 heavy (non-hydrogen) atoms. The van der Waals surface area contributed by atoms with Crippen molar-refractivity contribution in [3.8, 4) is 11.3 Å². The summed E-state index contributed by atoms with van der Waals surface area (Å²) in [5, 5.41) is 3.98. The van der Waals surface area contributed by atoms with Gasteiger partial charge in [-0.2, -0.15) is 0 Å². The van der Waals surface area contributed by atoms with Crippen molar-refractivity contribution in [1.82, 2.24) is 4.98 Å². The minimum Gasteiger partial charge on any atom is -0.362 e. The van der Waals surface area contributed by atoms with Crippen molar-refractivity contribution in [3.63, 3.8) is 0 Å². The summed E-state index contributed by atoms with van der Waals surface area (Å²) in [4.78, 5) is 18.1. The van der Waals surface area contributed by atoms with Gasteiger partial charge in [-0.3, -0.25) is 4.79 Å². The Hall–Kier alpha value is -2.46. The number of aromatic nitrogens is 1. The molecule has 110 valence electrons. The van der Waals surface area contributed by atoms with Crippen LogP contribution in [-0.2, 0) is 0 Å². The molecule has 0 bridgehead atoms. The first kappa shape index (κ1) is 14.5. The third kappa shape index (κ3) is 2.92. The van der Waals surface area contributed by atoms with Crippen LogP contribution in [0.4, 0.5) is 5.13 Å². The molecule has 3 nitrogen and oxygen atoms in total. The Morgan fingerprint density at radius 3 is 2.32 bits per heavy atom. The van der Waals surface area contributed by atoms with Gasteiger partial charge in [-0.15, -0.1) is 0 Å². The van der Waals surface area contributed by atoms with Crippen molar-refractivity contribution in [2.45, 2.75) is 6.92 Å². The van der Waals surface area contributed by atoms with Crippen LogP contribution in [0.3, 0.4) is 0 Å². The second-order valence-electron chi connectivity index (χ2n) is 4.79.